The van der Waals surface area contributed by atoms with Gasteiger partial charge in [-0.25, -0.2) is 10.6 Å². The first-order valence-corrected chi connectivity index (χ1v) is 8.06. The fourth-order valence-corrected chi connectivity index (χ4v) is 3.06. The van der Waals surface area contributed by atoms with Gasteiger partial charge in [-0.2, -0.15) is 0 Å². The molecular formula is C14H21IN3O3+. The van der Waals surface area contributed by atoms with Crippen molar-refractivity contribution in [2.24, 2.45) is 0 Å². The predicted octanol–water partition coefficient (Wildman–Crippen LogP) is 1.84. The van der Waals surface area contributed by atoms with Crippen molar-refractivity contribution in [3.63, 3.8) is 0 Å². The quantitative estimate of drug-likeness (QED) is 0.268. The molecule has 2 rings (SSSR count). The predicted molar refractivity (Wildman–Crippen MR) is 86.6 cm³/mol. The Morgan fingerprint density at radius 3 is 2.62 bits per heavy atom. The van der Waals surface area contributed by atoms with Gasteiger partial charge in [0.15, 0.2) is 0 Å². The number of carbonyl (C=O) groups is 1. The molecule has 1 aromatic heterocycles. The molecule has 1 amide bonds. The maximum Gasteiger partial charge on any atom is 0.411 e. The molecule has 21 heavy (non-hydrogen) atoms. The first-order chi connectivity index (χ1) is 9.74. The minimum Gasteiger partial charge on any atom is -0.488 e. The van der Waals surface area contributed by atoms with Crippen molar-refractivity contribution in [3.05, 3.63) is 24.5 Å². The number of ether oxygens (including phenoxy) is 2. The average Bonchev–Trinajstić information content (AvgIpc) is 2.71. The SMILES string of the molecule is CC(C)(C)OC(=O)N1C[C@H](Oc2cc[n+](N)cc2)C[C@@H]1I. The largest absolute Gasteiger partial charge is 0.488 e. The van der Waals surface area contributed by atoms with Crippen molar-refractivity contribution in [2.75, 3.05) is 12.4 Å². The highest BCUT2D eigenvalue weighted by molar-refractivity contribution is 14.1. The van der Waals surface area contributed by atoms with Gasteiger partial charge in [0, 0.05) is 18.6 Å². The van der Waals surface area contributed by atoms with Gasteiger partial charge < -0.3 is 9.47 Å². The van der Waals surface area contributed by atoms with Crippen LogP contribution in [0.1, 0.15) is 27.2 Å². The van der Waals surface area contributed by atoms with Crippen LogP contribution in [0.2, 0.25) is 0 Å². The minimum absolute atomic E-state index is 0.0342. The standard InChI is InChI=1S/C14H21IN3O3/c1-14(2,3)21-13(19)18-9-11(8-12(18)15)20-10-4-6-17(16)7-5-10/h4-7,11-12H,8-9,16H2,1-3H3/q+1/t11-,12-/m1/s1. The van der Waals surface area contributed by atoms with E-state index in [9.17, 15) is 4.79 Å². The van der Waals surface area contributed by atoms with Gasteiger partial charge in [0.05, 0.1) is 10.6 Å². The lowest BCUT2D eigenvalue weighted by molar-refractivity contribution is -0.639. The molecule has 0 spiro atoms. The normalized spacial score (nSPS) is 22.2. The van der Waals surface area contributed by atoms with Crippen LogP contribution in [0.4, 0.5) is 4.79 Å². The lowest BCUT2D eigenvalue weighted by Crippen LogP contribution is -2.43. The number of likely N-dealkylation sites (tertiary alicyclic amines) is 1. The van der Waals surface area contributed by atoms with Gasteiger partial charge in [-0.1, -0.05) is 27.3 Å². The summed E-state index contributed by atoms with van der Waals surface area (Å²) >= 11 is 2.24. The van der Waals surface area contributed by atoms with Crippen LogP contribution in [0.15, 0.2) is 24.5 Å². The van der Waals surface area contributed by atoms with Crippen LogP contribution < -0.4 is 15.3 Å². The Bertz CT molecular complexity index is 501. The van der Waals surface area contributed by atoms with Crippen LogP contribution in [0.3, 0.4) is 0 Å². The van der Waals surface area contributed by atoms with Crippen LogP contribution in [0, 0.1) is 0 Å². The van der Waals surface area contributed by atoms with Crippen LogP contribution in [0.25, 0.3) is 0 Å². The number of rotatable bonds is 2. The highest BCUT2D eigenvalue weighted by atomic mass is 127. The van der Waals surface area contributed by atoms with Gasteiger partial charge in [0.1, 0.15) is 17.5 Å². The Kier molecular flexibility index (Phi) is 4.80. The van der Waals surface area contributed by atoms with Crippen molar-refractivity contribution in [2.45, 2.75) is 42.9 Å². The number of nitrogens with two attached hydrogens (primary N) is 1. The first kappa shape index (κ1) is 16.1. The van der Waals surface area contributed by atoms with E-state index < -0.39 is 5.60 Å². The number of aromatic nitrogens is 1. The van der Waals surface area contributed by atoms with Crippen LogP contribution in [-0.4, -0.2) is 33.3 Å². The summed E-state index contributed by atoms with van der Waals surface area (Å²) in [7, 11) is 0. The van der Waals surface area contributed by atoms with E-state index in [-0.39, 0.29) is 16.2 Å². The number of alkyl halides is 1. The van der Waals surface area contributed by atoms with Gasteiger partial charge in [-0.3, -0.25) is 4.90 Å². The number of pyridine rings is 1. The fraction of sp³-hybridized carbons (Fsp3) is 0.571. The number of nitrogen functional groups attached to an aromatic ring is 1. The smallest absolute Gasteiger partial charge is 0.411 e. The lowest BCUT2D eigenvalue weighted by Gasteiger charge is -2.26. The Hall–Kier alpha value is -1.25. The average molecular weight is 406 g/mol. The van der Waals surface area contributed by atoms with E-state index in [0.717, 1.165) is 12.2 Å². The number of hydrogen-bond donors (Lipinski definition) is 1. The second kappa shape index (κ2) is 6.25. The topological polar surface area (TPSA) is 68.7 Å². The molecule has 6 nitrogen and oxygen atoms in total. The summed E-state index contributed by atoms with van der Waals surface area (Å²) < 4.78 is 12.8. The van der Waals surface area contributed by atoms with E-state index in [1.165, 1.54) is 4.68 Å². The molecule has 1 saturated heterocycles. The number of nitrogens with zero attached hydrogens (tertiary/aromatic N) is 2. The Balaban J connectivity index is 1.94. The summed E-state index contributed by atoms with van der Waals surface area (Å²) in [5.41, 5.74) is -0.486. The van der Waals surface area contributed by atoms with Crippen molar-refractivity contribution in [1.29, 1.82) is 0 Å². The summed E-state index contributed by atoms with van der Waals surface area (Å²) in [5, 5.41) is 0. The lowest BCUT2D eigenvalue weighted by atomic mass is 10.2. The van der Waals surface area contributed by atoms with Crippen molar-refractivity contribution in [3.8, 4) is 5.75 Å². The van der Waals surface area contributed by atoms with Crippen LogP contribution >= 0.6 is 22.6 Å². The molecule has 0 radical (unpaired) electrons. The van der Waals surface area contributed by atoms with Crippen LogP contribution in [-0.2, 0) is 4.74 Å². The molecule has 0 aromatic carbocycles. The highest BCUT2D eigenvalue weighted by Crippen LogP contribution is 2.28. The highest BCUT2D eigenvalue weighted by Gasteiger charge is 2.37. The zero-order chi connectivity index (χ0) is 15.6. The maximum atomic E-state index is 12.1. The molecule has 1 fully saturated rings. The molecule has 2 atom stereocenters. The molecule has 2 heterocycles. The van der Waals surface area contributed by atoms with Crippen LogP contribution in [0.5, 0.6) is 5.75 Å². The van der Waals surface area contributed by atoms with Gasteiger partial charge in [0.2, 0.25) is 12.4 Å². The van der Waals surface area contributed by atoms with E-state index >= 15 is 0 Å². The third-order valence-corrected chi connectivity index (χ3v) is 4.13. The van der Waals surface area contributed by atoms with Gasteiger partial charge in [0.25, 0.3) is 0 Å². The molecule has 0 aliphatic carbocycles. The molecule has 1 aliphatic rings. The zero-order valence-electron chi connectivity index (χ0n) is 12.5. The number of hydrogen-bond acceptors (Lipinski definition) is 4. The Morgan fingerprint density at radius 2 is 2.05 bits per heavy atom. The van der Waals surface area contributed by atoms with E-state index in [1.807, 2.05) is 20.8 Å². The van der Waals surface area contributed by atoms with Crippen molar-refractivity contribution < 1.29 is 18.9 Å². The summed E-state index contributed by atoms with van der Waals surface area (Å²) in [5.74, 6) is 6.31. The molecule has 0 bridgehead atoms. The number of carbonyl (C=O) groups excluding carboxylic acids is 1. The third-order valence-electron chi connectivity index (χ3n) is 2.95. The van der Waals surface area contributed by atoms with Gasteiger partial charge in [-0.15, -0.1) is 0 Å². The third kappa shape index (κ3) is 4.62. The molecule has 0 unspecified atom stereocenters. The summed E-state index contributed by atoms with van der Waals surface area (Å²) in [6.07, 6.45) is 3.89. The Morgan fingerprint density at radius 1 is 1.43 bits per heavy atom. The minimum atomic E-state index is -0.486. The Labute approximate surface area is 138 Å². The molecule has 7 heteroatoms. The molecular weight excluding hydrogens is 385 g/mol. The van der Waals surface area contributed by atoms with E-state index in [2.05, 4.69) is 22.6 Å². The monoisotopic (exact) mass is 406 g/mol. The van der Waals surface area contributed by atoms with E-state index in [0.29, 0.717) is 6.54 Å². The van der Waals surface area contributed by atoms with Gasteiger partial charge in [-0.05, 0) is 20.8 Å². The fourth-order valence-electron chi connectivity index (χ4n) is 2.04. The van der Waals surface area contributed by atoms with Crippen molar-refractivity contribution >= 4 is 28.7 Å². The van der Waals surface area contributed by atoms with Crippen molar-refractivity contribution in [1.82, 2.24) is 4.90 Å². The second-order valence-electron chi connectivity index (χ2n) is 6.02. The number of amides is 1. The molecule has 2 N–H and O–H groups in total. The second-order valence-corrected chi connectivity index (χ2v) is 7.46. The first-order valence-electron chi connectivity index (χ1n) is 6.81. The molecule has 1 aromatic rings. The molecule has 1 aliphatic heterocycles. The summed E-state index contributed by atoms with van der Waals surface area (Å²) in [6.45, 7) is 6.12. The molecule has 0 saturated carbocycles. The summed E-state index contributed by atoms with van der Waals surface area (Å²) in [6, 6.07) is 3.61. The zero-order valence-corrected chi connectivity index (χ0v) is 14.6. The maximum absolute atomic E-state index is 12.1. The van der Waals surface area contributed by atoms with E-state index in [1.54, 1.807) is 29.4 Å². The van der Waals surface area contributed by atoms with E-state index in [4.69, 9.17) is 15.3 Å². The van der Waals surface area contributed by atoms with Gasteiger partial charge >= 0.3 is 6.09 Å². The molecule has 116 valence electrons. The number of halogens is 1. The summed E-state index contributed by atoms with van der Waals surface area (Å²) in [4.78, 5) is 13.8.